The van der Waals surface area contributed by atoms with E-state index in [0.29, 0.717) is 12.1 Å². The van der Waals surface area contributed by atoms with Crippen molar-refractivity contribution in [2.24, 2.45) is 5.92 Å². The molecule has 5 nitrogen and oxygen atoms in total. The third-order valence-electron chi connectivity index (χ3n) is 4.31. The van der Waals surface area contributed by atoms with Crippen LogP contribution in [0.3, 0.4) is 0 Å². The zero-order chi connectivity index (χ0) is 15.4. The maximum absolute atomic E-state index is 12.2. The Hall–Kier alpha value is -1.88. The molecule has 3 N–H and O–H groups in total. The molecule has 1 heterocycles. The van der Waals surface area contributed by atoms with E-state index in [-0.39, 0.29) is 23.8 Å². The van der Waals surface area contributed by atoms with Crippen LogP contribution in [0.15, 0.2) is 24.3 Å². The number of nitrogens with one attached hydrogen (secondary N) is 3. The molecule has 5 heteroatoms. The number of piperidine rings is 1. The van der Waals surface area contributed by atoms with Gasteiger partial charge in [-0.25, -0.2) is 0 Å². The summed E-state index contributed by atoms with van der Waals surface area (Å²) in [5, 5.41) is 9.29. The molecule has 118 valence electrons. The molecule has 0 radical (unpaired) electrons. The molecule has 1 aromatic carbocycles. The van der Waals surface area contributed by atoms with Crippen molar-refractivity contribution in [2.75, 3.05) is 13.1 Å². The van der Waals surface area contributed by atoms with E-state index in [0.717, 1.165) is 44.3 Å². The van der Waals surface area contributed by atoms with Gasteiger partial charge in [-0.05, 0) is 56.5 Å². The number of benzene rings is 1. The van der Waals surface area contributed by atoms with Crippen LogP contribution in [0.1, 0.15) is 41.6 Å². The molecule has 22 heavy (non-hydrogen) atoms. The predicted octanol–water partition coefficient (Wildman–Crippen LogP) is 1.19. The van der Waals surface area contributed by atoms with E-state index in [9.17, 15) is 9.59 Å². The van der Waals surface area contributed by atoms with Gasteiger partial charge in [0.1, 0.15) is 0 Å². The van der Waals surface area contributed by atoms with Crippen LogP contribution in [0.2, 0.25) is 0 Å². The summed E-state index contributed by atoms with van der Waals surface area (Å²) in [5.74, 6) is 0.364. The Bertz CT molecular complexity index is 531. The monoisotopic (exact) mass is 301 g/mol. The molecule has 0 spiro atoms. The average molecular weight is 301 g/mol. The van der Waals surface area contributed by atoms with Gasteiger partial charge in [0.2, 0.25) is 5.91 Å². The van der Waals surface area contributed by atoms with Gasteiger partial charge in [-0.3, -0.25) is 9.59 Å². The number of carbonyl (C=O) groups is 2. The summed E-state index contributed by atoms with van der Waals surface area (Å²) in [5.41, 5.74) is 1.70. The SMILES string of the molecule is O=C(NC1CCNCC1)c1ccc(CNC(=O)C2CC2)cc1. The third kappa shape index (κ3) is 4.07. The number of hydrogen-bond donors (Lipinski definition) is 3. The maximum Gasteiger partial charge on any atom is 0.251 e. The van der Waals surface area contributed by atoms with Crippen LogP contribution >= 0.6 is 0 Å². The fourth-order valence-electron chi connectivity index (χ4n) is 2.69. The van der Waals surface area contributed by atoms with Gasteiger partial charge in [-0.1, -0.05) is 12.1 Å². The molecule has 1 saturated carbocycles. The zero-order valence-corrected chi connectivity index (χ0v) is 12.7. The quantitative estimate of drug-likeness (QED) is 0.765. The highest BCUT2D eigenvalue weighted by Gasteiger charge is 2.29. The first-order valence-corrected chi connectivity index (χ1v) is 8.10. The molecular weight excluding hydrogens is 278 g/mol. The first kappa shape index (κ1) is 15.0. The number of carbonyl (C=O) groups excluding carboxylic acids is 2. The molecule has 1 aromatic rings. The third-order valence-corrected chi connectivity index (χ3v) is 4.31. The van der Waals surface area contributed by atoms with Crippen molar-refractivity contribution in [2.45, 2.75) is 38.3 Å². The summed E-state index contributed by atoms with van der Waals surface area (Å²) in [6, 6.07) is 7.74. The van der Waals surface area contributed by atoms with Gasteiger partial charge in [0.15, 0.2) is 0 Å². The van der Waals surface area contributed by atoms with E-state index in [1.807, 2.05) is 24.3 Å². The summed E-state index contributed by atoms with van der Waals surface area (Å²) < 4.78 is 0. The molecule has 0 unspecified atom stereocenters. The van der Waals surface area contributed by atoms with E-state index >= 15 is 0 Å². The standard InChI is InChI=1S/C17H23N3O2/c21-16(13-5-6-13)19-11-12-1-3-14(4-2-12)17(22)20-15-7-9-18-10-8-15/h1-4,13,15,18H,5-11H2,(H,19,21)(H,20,22). The van der Waals surface area contributed by atoms with Gasteiger partial charge in [-0.2, -0.15) is 0 Å². The van der Waals surface area contributed by atoms with Crippen LogP contribution in [0.4, 0.5) is 0 Å². The molecule has 1 aliphatic carbocycles. The number of hydrogen-bond acceptors (Lipinski definition) is 3. The fraction of sp³-hybridized carbons (Fsp3) is 0.529. The van der Waals surface area contributed by atoms with Crippen LogP contribution in [-0.4, -0.2) is 30.9 Å². The van der Waals surface area contributed by atoms with E-state index in [4.69, 9.17) is 0 Å². The van der Waals surface area contributed by atoms with E-state index < -0.39 is 0 Å². The minimum absolute atomic E-state index is 0.0135. The Labute approximate surface area is 130 Å². The number of rotatable bonds is 5. The van der Waals surface area contributed by atoms with Crippen molar-refractivity contribution in [3.63, 3.8) is 0 Å². The second kappa shape index (κ2) is 6.92. The van der Waals surface area contributed by atoms with E-state index in [1.165, 1.54) is 0 Å². The van der Waals surface area contributed by atoms with Crippen molar-refractivity contribution >= 4 is 11.8 Å². The first-order chi connectivity index (χ1) is 10.7. The lowest BCUT2D eigenvalue weighted by Gasteiger charge is -2.23. The second-order valence-corrected chi connectivity index (χ2v) is 6.19. The van der Waals surface area contributed by atoms with Gasteiger partial charge < -0.3 is 16.0 Å². The molecule has 2 aliphatic rings. The molecule has 0 atom stereocenters. The van der Waals surface area contributed by atoms with Crippen molar-refractivity contribution in [1.82, 2.24) is 16.0 Å². The Morgan fingerprint density at radius 1 is 1.05 bits per heavy atom. The van der Waals surface area contributed by atoms with Crippen LogP contribution < -0.4 is 16.0 Å². The smallest absolute Gasteiger partial charge is 0.251 e. The first-order valence-electron chi connectivity index (χ1n) is 8.10. The predicted molar refractivity (Wildman–Crippen MR) is 84.4 cm³/mol. The molecule has 1 aliphatic heterocycles. The molecule has 1 saturated heterocycles. The van der Waals surface area contributed by atoms with Crippen LogP contribution in [0, 0.1) is 5.92 Å². The number of amides is 2. The van der Waals surface area contributed by atoms with Gasteiger partial charge in [0, 0.05) is 24.1 Å². The molecule has 3 rings (SSSR count). The summed E-state index contributed by atoms with van der Waals surface area (Å²) >= 11 is 0. The summed E-state index contributed by atoms with van der Waals surface area (Å²) in [6.45, 7) is 2.46. The average Bonchev–Trinajstić information content (AvgIpc) is 3.39. The summed E-state index contributed by atoms with van der Waals surface area (Å²) in [7, 11) is 0. The normalized spacial score (nSPS) is 18.7. The van der Waals surface area contributed by atoms with Crippen molar-refractivity contribution in [1.29, 1.82) is 0 Å². The zero-order valence-electron chi connectivity index (χ0n) is 12.7. The minimum atomic E-state index is -0.0135. The molecule has 2 amide bonds. The van der Waals surface area contributed by atoms with Crippen molar-refractivity contribution in [3.05, 3.63) is 35.4 Å². The van der Waals surface area contributed by atoms with E-state index in [1.54, 1.807) is 0 Å². The van der Waals surface area contributed by atoms with Gasteiger partial charge in [0.25, 0.3) is 5.91 Å². The largest absolute Gasteiger partial charge is 0.352 e. The Morgan fingerprint density at radius 3 is 2.36 bits per heavy atom. The highest BCUT2D eigenvalue weighted by Crippen LogP contribution is 2.28. The summed E-state index contributed by atoms with van der Waals surface area (Å²) in [4.78, 5) is 23.8. The Morgan fingerprint density at radius 2 is 1.73 bits per heavy atom. The molecule has 2 fully saturated rings. The van der Waals surface area contributed by atoms with Gasteiger partial charge in [0.05, 0.1) is 0 Å². The molecule has 0 bridgehead atoms. The maximum atomic E-state index is 12.2. The molecule has 0 aromatic heterocycles. The van der Waals surface area contributed by atoms with Crippen LogP contribution in [-0.2, 0) is 11.3 Å². The minimum Gasteiger partial charge on any atom is -0.352 e. The van der Waals surface area contributed by atoms with Gasteiger partial charge in [-0.15, -0.1) is 0 Å². The van der Waals surface area contributed by atoms with Crippen molar-refractivity contribution in [3.8, 4) is 0 Å². The second-order valence-electron chi connectivity index (χ2n) is 6.19. The van der Waals surface area contributed by atoms with Crippen LogP contribution in [0.5, 0.6) is 0 Å². The van der Waals surface area contributed by atoms with Gasteiger partial charge >= 0.3 is 0 Å². The highest BCUT2D eigenvalue weighted by molar-refractivity contribution is 5.94. The fourth-order valence-corrected chi connectivity index (χ4v) is 2.69. The van der Waals surface area contributed by atoms with Crippen LogP contribution in [0.25, 0.3) is 0 Å². The molecular formula is C17H23N3O2. The van der Waals surface area contributed by atoms with Crippen molar-refractivity contribution < 1.29 is 9.59 Å². The lowest BCUT2D eigenvalue weighted by Crippen LogP contribution is -2.42. The van der Waals surface area contributed by atoms with E-state index in [2.05, 4.69) is 16.0 Å². The lowest BCUT2D eigenvalue weighted by atomic mass is 10.1. The Kier molecular flexibility index (Phi) is 4.73. The Balaban J connectivity index is 1.49. The lowest BCUT2D eigenvalue weighted by molar-refractivity contribution is -0.122. The summed E-state index contributed by atoms with van der Waals surface area (Å²) in [6.07, 6.45) is 4.00. The highest BCUT2D eigenvalue weighted by atomic mass is 16.2. The topological polar surface area (TPSA) is 70.2 Å².